The van der Waals surface area contributed by atoms with E-state index in [1.807, 2.05) is 36.4 Å². The Morgan fingerprint density at radius 1 is 0.964 bits per heavy atom. The topological polar surface area (TPSA) is 32.7 Å². The molecule has 5 rings (SSSR count). The lowest BCUT2D eigenvalue weighted by Crippen LogP contribution is -2.71. The van der Waals surface area contributed by atoms with Gasteiger partial charge in [-0.3, -0.25) is 4.90 Å². The summed E-state index contributed by atoms with van der Waals surface area (Å²) in [7, 11) is 0. The van der Waals surface area contributed by atoms with Crippen molar-refractivity contribution in [3.05, 3.63) is 71.8 Å². The summed E-state index contributed by atoms with van der Waals surface area (Å²) >= 11 is 0. The summed E-state index contributed by atoms with van der Waals surface area (Å²) < 4.78 is 6.26. The van der Waals surface area contributed by atoms with Crippen molar-refractivity contribution >= 4 is 0 Å². The highest BCUT2D eigenvalue weighted by atomic mass is 16.5. The molecule has 3 fully saturated rings. The molecule has 2 aliphatic heterocycles. The van der Waals surface area contributed by atoms with Gasteiger partial charge in [0.25, 0.3) is 0 Å². The highest BCUT2D eigenvalue weighted by Crippen LogP contribution is 2.54. The Kier molecular flexibility index (Phi) is 5.34. The van der Waals surface area contributed by atoms with Crippen molar-refractivity contribution in [2.75, 3.05) is 13.2 Å². The number of nitrogens with zero attached hydrogens (tertiary/aromatic N) is 1. The summed E-state index contributed by atoms with van der Waals surface area (Å²) in [5, 5.41) is 10.8. The van der Waals surface area contributed by atoms with Crippen LogP contribution >= 0.6 is 0 Å². The highest BCUT2D eigenvalue weighted by Gasteiger charge is 2.56. The molecule has 3 heteroatoms. The van der Waals surface area contributed by atoms with Crippen molar-refractivity contribution in [1.82, 2.24) is 4.90 Å². The number of benzene rings is 2. The maximum atomic E-state index is 10.8. The van der Waals surface area contributed by atoms with Crippen molar-refractivity contribution in [3.63, 3.8) is 0 Å². The third-order valence-corrected chi connectivity index (χ3v) is 6.52. The van der Waals surface area contributed by atoms with Gasteiger partial charge in [0.1, 0.15) is 6.10 Å². The summed E-state index contributed by atoms with van der Waals surface area (Å²) in [6.07, 6.45) is 3.08. The lowest BCUT2D eigenvalue weighted by molar-refractivity contribution is -0.160. The van der Waals surface area contributed by atoms with Crippen LogP contribution in [0, 0.1) is 5.41 Å². The van der Waals surface area contributed by atoms with E-state index in [4.69, 9.17) is 4.74 Å². The molecular formula is C25H33NO2. The van der Waals surface area contributed by atoms with Gasteiger partial charge >= 0.3 is 0 Å². The molecule has 3 nitrogen and oxygen atoms in total. The predicted molar refractivity (Wildman–Crippen MR) is 113 cm³/mol. The average Bonchev–Trinajstić information content (AvgIpc) is 2.66. The number of hydrogen-bond acceptors (Lipinski definition) is 3. The smallest absolute Gasteiger partial charge is 0.108 e. The fraction of sp³-hybridized carbons (Fsp3) is 0.520. The summed E-state index contributed by atoms with van der Waals surface area (Å²) in [5.41, 5.74) is 2.90. The zero-order chi connectivity index (χ0) is 19.8. The first-order chi connectivity index (χ1) is 13.4. The first-order valence-corrected chi connectivity index (χ1v) is 10.5. The van der Waals surface area contributed by atoms with E-state index in [-0.39, 0.29) is 11.6 Å². The van der Waals surface area contributed by atoms with E-state index in [0.717, 1.165) is 11.1 Å². The van der Waals surface area contributed by atoms with Gasteiger partial charge in [-0.2, -0.15) is 0 Å². The zero-order valence-electron chi connectivity index (χ0n) is 17.3. The Labute approximate surface area is 169 Å². The molecule has 2 bridgehead atoms. The van der Waals surface area contributed by atoms with E-state index in [1.54, 1.807) is 0 Å². The number of rotatable bonds is 7. The molecule has 2 aromatic carbocycles. The monoisotopic (exact) mass is 379 g/mol. The fourth-order valence-corrected chi connectivity index (χ4v) is 5.66. The van der Waals surface area contributed by atoms with Gasteiger partial charge in [0.05, 0.1) is 12.7 Å². The van der Waals surface area contributed by atoms with Gasteiger partial charge in [-0.05, 0) is 42.7 Å². The minimum absolute atomic E-state index is 0.150. The van der Waals surface area contributed by atoms with Gasteiger partial charge in [-0.15, -0.1) is 0 Å². The summed E-state index contributed by atoms with van der Waals surface area (Å²) in [6.45, 7) is 8.15. The number of ether oxygens (including phenoxy) is 1. The Bertz CT molecular complexity index is 736. The van der Waals surface area contributed by atoms with E-state index in [1.165, 1.54) is 19.3 Å². The van der Waals surface area contributed by atoms with Crippen LogP contribution in [0.15, 0.2) is 60.7 Å². The van der Waals surface area contributed by atoms with Crippen molar-refractivity contribution in [2.24, 2.45) is 5.41 Å². The minimum Gasteiger partial charge on any atom is -0.389 e. The van der Waals surface area contributed by atoms with Crippen molar-refractivity contribution < 1.29 is 9.84 Å². The molecule has 0 spiro atoms. The van der Waals surface area contributed by atoms with Crippen LogP contribution in [0.3, 0.4) is 0 Å². The molecule has 2 aromatic rings. The lowest BCUT2D eigenvalue weighted by atomic mass is 9.59. The molecular weight excluding hydrogens is 346 g/mol. The first-order valence-electron chi connectivity index (χ1n) is 10.5. The van der Waals surface area contributed by atoms with Gasteiger partial charge in [0.2, 0.25) is 0 Å². The standard InChI is InChI=1S/C25H33NO2/c1-24(2)14-21-15-25(3,18-24)26(21)16-22(27)17-28-23(19-10-6-4-7-11-19)20-12-8-5-9-13-20/h4-13,21-23,27H,14-18H2,1-3H3/t21-,22+,25-/m1/s1. The van der Waals surface area contributed by atoms with Crippen LogP contribution < -0.4 is 0 Å². The Morgan fingerprint density at radius 3 is 2.07 bits per heavy atom. The quantitative estimate of drug-likeness (QED) is 0.750. The predicted octanol–water partition coefficient (Wildman–Crippen LogP) is 4.81. The minimum atomic E-state index is -0.474. The van der Waals surface area contributed by atoms with Crippen LogP contribution in [0.1, 0.15) is 57.3 Å². The molecule has 0 aromatic heterocycles. The molecule has 3 aliphatic rings. The van der Waals surface area contributed by atoms with Crippen molar-refractivity contribution in [1.29, 1.82) is 0 Å². The number of aliphatic hydroxyl groups is 1. The summed E-state index contributed by atoms with van der Waals surface area (Å²) in [6, 6.07) is 21.2. The van der Waals surface area contributed by atoms with E-state index in [0.29, 0.717) is 24.6 Å². The summed E-state index contributed by atoms with van der Waals surface area (Å²) in [5.74, 6) is 0. The zero-order valence-corrected chi connectivity index (χ0v) is 17.3. The second-order valence-corrected chi connectivity index (χ2v) is 9.74. The number of piperidine rings is 1. The molecule has 150 valence electrons. The van der Waals surface area contributed by atoms with E-state index < -0.39 is 6.10 Å². The molecule has 1 N–H and O–H groups in total. The van der Waals surface area contributed by atoms with Crippen LogP contribution in [0.5, 0.6) is 0 Å². The largest absolute Gasteiger partial charge is 0.389 e. The lowest BCUT2D eigenvalue weighted by Gasteiger charge is -2.65. The Hall–Kier alpha value is -1.68. The van der Waals surface area contributed by atoms with Crippen molar-refractivity contribution in [2.45, 2.75) is 63.8 Å². The van der Waals surface area contributed by atoms with Gasteiger partial charge in [-0.1, -0.05) is 74.5 Å². The van der Waals surface area contributed by atoms with E-state index in [9.17, 15) is 5.11 Å². The third-order valence-electron chi connectivity index (χ3n) is 6.52. The maximum absolute atomic E-state index is 10.8. The normalized spacial score (nSPS) is 27.4. The molecule has 2 heterocycles. The third kappa shape index (κ3) is 4.03. The molecule has 0 radical (unpaired) electrons. The second-order valence-electron chi connectivity index (χ2n) is 9.74. The van der Waals surface area contributed by atoms with Crippen molar-refractivity contribution in [3.8, 4) is 0 Å². The van der Waals surface area contributed by atoms with Crippen LogP contribution in [0.4, 0.5) is 0 Å². The molecule has 3 atom stereocenters. The molecule has 0 amide bonds. The Morgan fingerprint density at radius 2 is 1.54 bits per heavy atom. The van der Waals surface area contributed by atoms with Gasteiger partial charge in [-0.25, -0.2) is 0 Å². The number of hydrogen-bond donors (Lipinski definition) is 1. The molecule has 1 saturated carbocycles. The maximum Gasteiger partial charge on any atom is 0.108 e. The highest BCUT2D eigenvalue weighted by molar-refractivity contribution is 5.29. The van der Waals surface area contributed by atoms with E-state index >= 15 is 0 Å². The van der Waals surface area contributed by atoms with Crippen LogP contribution in [-0.4, -0.2) is 40.8 Å². The number of β-amino-alcohol motifs (C(OH)–C–C–N with tert-alkyl or cyclic N) is 1. The Balaban J connectivity index is 1.39. The summed E-state index contributed by atoms with van der Waals surface area (Å²) in [4.78, 5) is 2.52. The first kappa shape index (κ1) is 19.6. The number of aliphatic hydroxyl groups excluding tert-OH is 1. The van der Waals surface area contributed by atoms with Crippen LogP contribution in [-0.2, 0) is 4.74 Å². The van der Waals surface area contributed by atoms with Gasteiger partial charge < -0.3 is 9.84 Å². The fourth-order valence-electron chi connectivity index (χ4n) is 5.66. The second kappa shape index (κ2) is 7.62. The molecule has 1 aliphatic carbocycles. The number of fused-ring (bicyclic) bond motifs is 2. The van der Waals surface area contributed by atoms with Gasteiger partial charge in [0.15, 0.2) is 0 Å². The average molecular weight is 380 g/mol. The molecule has 28 heavy (non-hydrogen) atoms. The van der Waals surface area contributed by atoms with E-state index in [2.05, 4.69) is 49.9 Å². The molecule has 0 unspecified atom stereocenters. The van der Waals surface area contributed by atoms with Crippen LogP contribution in [0.25, 0.3) is 0 Å². The SMILES string of the molecule is CC1(C)C[C@@H]2C[C@](C)(C1)N2C[C@H](O)COC(c1ccccc1)c1ccccc1. The molecule has 2 saturated heterocycles. The van der Waals surface area contributed by atoms with Crippen LogP contribution in [0.2, 0.25) is 0 Å². The van der Waals surface area contributed by atoms with Gasteiger partial charge in [0, 0.05) is 18.1 Å².